The van der Waals surface area contributed by atoms with E-state index >= 15 is 0 Å². The Morgan fingerprint density at radius 2 is 1.90 bits per heavy atom. The minimum atomic E-state index is -0.195. The predicted octanol–water partition coefficient (Wildman–Crippen LogP) is 2.40. The van der Waals surface area contributed by atoms with Gasteiger partial charge in [-0.2, -0.15) is 0 Å². The number of benzene rings is 1. The predicted molar refractivity (Wildman–Crippen MR) is 107 cm³/mol. The van der Waals surface area contributed by atoms with E-state index in [1.54, 1.807) is 0 Å². The number of rotatable bonds is 5. The lowest BCUT2D eigenvalue weighted by Gasteiger charge is -2.34. The zero-order valence-corrected chi connectivity index (χ0v) is 17.1. The molecule has 3 aliphatic rings. The molecule has 29 heavy (non-hydrogen) atoms. The van der Waals surface area contributed by atoms with E-state index in [0.29, 0.717) is 32.9 Å². The van der Waals surface area contributed by atoms with Gasteiger partial charge < -0.3 is 19.1 Å². The summed E-state index contributed by atoms with van der Waals surface area (Å²) in [6.07, 6.45) is 3.74. The molecule has 0 saturated carbocycles. The Morgan fingerprint density at radius 1 is 1.10 bits per heavy atom. The van der Waals surface area contributed by atoms with Crippen molar-refractivity contribution in [1.82, 2.24) is 9.80 Å². The minimum absolute atomic E-state index is 0.100. The van der Waals surface area contributed by atoms with Gasteiger partial charge in [0.15, 0.2) is 11.5 Å². The maximum atomic E-state index is 13.0. The van der Waals surface area contributed by atoms with Crippen molar-refractivity contribution in [2.45, 2.75) is 38.6 Å². The monoisotopic (exact) mass is 402 g/mol. The van der Waals surface area contributed by atoms with E-state index in [-0.39, 0.29) is 23.8 Å². The Kier molecular flexibility index (Phi) is 6.23. The summed E-state index contributed by atoms with van der Waals surface area (Å²) in [7, 11) is 0. The number of esters is 1. The van der Waals surface area contributed by atoms with Crippen molar-refractivity contribution in [1.29, 1.82) is 0 Å². The van der Waals surface area contributed by atoms with Gasteiger partial charge in [0.1, 0.15) is 13.2 Å². The number of carbonyl (C=O) groups excluding carboxylic acids is 2. The van der Waals surface area contributed by atoms with Gasteiger partial charge in [-0.15, -0.1) is 0 Å². The molecule has 0 aliphatic carbocycles. The van der Waals surface area contributed by atoms with Crippen molar-refractivity contribution >= 4 is 11.9 Å². The summed E-state index contributed by atoms with van der Waals surface area (Å²) in [6.45, 7) is 5.83. The molecule has 0 unspecified atom stereocenters. The van der Waals surface area contributed by atoms with E-state index in [4.69, 9.17) is 14.2 Å². The van der Waals surface area contributed by atoms with Crippen LogP contribution in [0.2, 0.25) is 0 Å². The van der Waals surface area contributed by atoms with E-state index < -0.39 is 0 Å². The van der Waals surface area contributed by atoms with Gasteiger partial charge in [-0.05, 0) is 56.8 Å². The number of hydrogen-bond acceptors (Lipinski definition) is 6. The first-order chi connectivity index (χ1) is 14.2. The number of hydrogen-bond donors (Lipinski definition) is 0. The van der Waals surface area contributed by atoms with Gasteiger partial charge in [0.25, 0.3) is 0 Å². The Bertz CT molecular complexity index is 753. The number of amides is 1. The average molecular weight is 402 g/mol. The van der Waals surface area contributed by atoms with Crippen LogP contribution in [0.15, 0.2) is 18.2 Å². The second-order valence-electron chi connectivity index (χ2n) is 7.96. The van der Waals surface area contributed by atoms with Crippen LogP contribution in [0, 0.1) is 5.92 Å². The molecule has 7 heteroatoms. The third-order valence-electron chi connectivity index (χ3n) is 6.05. The van der Waals surface area contributed by atoms with E-state index in [1.165, 1.54) is 5.56 Å². The summed E-state index contributed by atoms with van der Waals surface area (Å²) in [6, 6.07) is 6.31. The first kappa shape index (κ1) is 20.0. The van der Waals surface area contributed by atoms with Gasteiger partial charge in [0.2, 0.25) is 5.91 Å². The van der Waals surface area contributed by atoms with Gasteiger partial charge in [-0.1, -0.05) is 6.07 Å². The van der Waals surface area contributed by atoms with Gasteiger partial charge in [0, 0.05) is 19.1 Å². The maximum Gasteiger partial charge on any atom is 0.310 e. The fourth-order valence-corrected chi connectivity index (χ4v) is 4.59. The van der Waals surface area contributed by atoms with Crippen LogP contribution in [0.25, 0.3) is 0 Å². The SMILES string of the molecule is CCOC(=O)[C@H]1CCCN(C(=O)CN2CCC[C@H]2c2ccc3c(c2)OCCO3)C1. The molecule has 3 aliphatic heterocycles. The molecule has 0 N–H and O–H groups in total. The third-order valence-corrected chi connectivity index (χ3v) is 6.05. The number of fused-ring (bicyclic) bond motifs is 1. The lowest BCUT2D eigenvalue weighted by Crippen LogP contribution is -2.46. The number of nitrogens with zero attached hydrogens (tertiary/aromatic N) is 2. The van der Waals surface area contributed by atoms with Crippen LogP contribution in [0.5, 0.6) is 11.5 Å². The average Bonchev–Trinajstić information content (AvgIpc) is 3.21. The van der Waals surface area contributed by atoms with Gasteiger partial charge in [-0.3, -0.25) is 14.5 Å². The molecule has 0 bridgehead atoms. The van der Waals surface area contributed by atoms with Crippen molar-refractivity contribution in [3.05, 3.63) is 23.8 Å². The Morgan fingerprint density at radius 3 is 2.72 bits per heavy atom. The zero-order chi connectivity index (χ0) is 20.2. The summed E-state index contributed by atoms with van der Waals surface area (Å²) in [5, 5.41) is 0. The molecule has 3 heterocycles. The Labute approximate surface area is 171 Å². The lowest BCUT2D eigenvalue weighted by molar-refractivity contribution is -0.151. The molecule has 2 atom stereocenters. The topological polar surface area (TPSA) is 68.3 Å². The van der Waals surface area contributed by atoms with E-state index in [1.807, 2.05) is 17.9 Å². The Balaban J connectivity index is 1.39. The van der Waals surface area contributed by atoms with Crippen LogP contribution in [0.1, 0.15) is 44.2 Å². The van der Waals surface area contributed by atoms with Crippen LogP contribution < -0.4 is 9.47 Å². The van der Waals surface area contributed by atoms with E-state index in [2.05, 4.69) is 17.0 Å². The van der Waals surface area contributed by atoms with Crippen LogP contribution in [-0.2, 0) is 14.3 Å². The van der Waals surface area contributed by atoms with Gasteiger partial charge in [0.05, 0.1) is 19.1 Å². The lowest BCUT2D eigenvalue weighted by atomic mass is 9.98. The first-order valence-corrected chi connectivity index (χ1v) is 10.7. The summed E-state index contributed by atoms with van der Waals surface area (Å²) in [5.74, 6) is 1.31. The van der Waals surface area contributed by atoms with Crippen molar-refractivity contribution in [3.8, 4) is 11.5 Å². The number of likely N-dealkylation sites (tertiary alicyclic amines) is 2. The summed E-state index contributed by atoms with van der Waals surface area (Å²) >= 11 is 0. The fraction of sp³-hybridized carbons (Fsp3) is 0.636. The highest BCUT2D eigenvalue weighted by Gasteiger charge is 2.33. The van der Waals surface area contributed by atoms with Crippen molar-refractivity contribution in [3.63, 3.8) is 0 Å². The molecule has 0 radical (unpaired) electrons. The number of carbonyl (C=O) groups is 2. The normalized spacial score (nSPS) is 24.4. The molecule has 0 spiro atoms. The molecule has 7 nitrogen and oxygen atoms in total. The molecule has 0 aromatic heterocycles. The smallest absolute Gasteiger partial charge is 0.310 e. The summed E-state index contributed by atoms with van der Waals surface area (Å²) in [5.41, 5.74) is 1.17. The molecule has 2 saturated heterocycles. The van der Waals surface area contributed by atoms with Crippen molar-refractivity contribution < 1.29 is 23.8 Å². The third kappa shape index (κ3) is 4.50. The Hall–Kier alpha value is -2.28. The first-order valence-electron chi connectivity index (χ1n) is 10.7. The quantitative estimate of drug-likeness (QED) is 0.705. The van der Waals surface area contributed by atoms with E-state index in [9.17, 15) is 9.59 Å². The zero-order valence-electron chi connectivity index (χ0n) is 17.1. The van der Waals surface area contributed by atoms with Crippen LogP contribution in [0.4, 0.5) is 0 Å². The summed E-state index contributed by atoms with van der Waals surface area (Å²) in [4.78, 5) is 29.1. The molecule has 158 valence electrons. The molecule has 4 rings (SSSR count). The standard InChI is InChI=1S/C22H30N2O5/c1-2-27-22(26)17-5-3-10-24(14-17)21(25)15-23-9-4-6-18(23)16-7-8-19-20(13-16)29-12-11-28-19/h7-8,13,17-18H,2-6,9-12,14-15H2,1H3/t17-,18-/m0/s1. The second kappa shape index (κ2) is 9.03. The second-order valence-corrected chi connectivity index (χ2v) is 7.96. The number of piperidine rings is 1. The fourth-order valence-electron chi connectivity index (χ4n) is 4.59. The van der Waals surface area contributed by atoms with Gasteiger partial charge >= 0.3 is 5.97 Å². The molecule has 1 aromatic rings. The largest absolute Gasteiger partial charge is 0.486 e. The highest BCUT2D eigenvalue weighted by molar-refractivity contribution is 5.80. The van der Waals surface area contributed by atoms with Crippen LogP contribution in [-0.4, -0.2) is 67.7 Å². The van der Waals surface area contributed by atoms with Gasteiger partial charge in [-0.25, -0.2) is 0 Å². The minimum Gasteiger partial charge on any atom is -0.486 e. The van der Waals surface area contributed by atoms with Crippen molar-refractivity contribution in [2.24, 2.45) is 5.92 Å². The number of ether oxygens (including phenoxy) is 3. The maximum absolute atomic E-state index is 13.0. The molecular weight excluding hydrogens is 372 g/mol. The highest BCUT2D eigenvalue weighted by Crippen LogP contribution is 2.38. The summed E-state index contributed by atoms with van der Waals surface area (Å²) < 4.78 is 16.5. The van der Waals surface area contributed by atoms with E-state index in [0.717, 1.165) is 50.3 Å². The molecule has 2 fully saturated rings. The highest BCUT2D eigenvalue weighted by atomic mass is 16.6. The molecule has 1 aromatic carbocycles. The molecular formula is C22H30N2O5. The van der Waals surface area contributed by atoms with Crippen LogP contribution >= 0.6 is 0 Å². The molecule has 1 amide bonds. The van der Waals surface area contributed by atoms with Crippen molar-refractivity contribution in [2.75, 3.05) is 46.0 Å². The van der Waals surface area contributed by atoms with Crippen LogP contribution in [0.3, 0.4) is 0 Å².